The second-order valence-corrected chi connectivity index (χ2v) is 6.78. The van der Waals surface area contributed by atoms with Crippen molar-refractivity contribution < 1.29 is 18.9 Å². The molecule has 0 bridgehead atoms. The Morgan fingerprint density at radius 2 is 1.93 bits per heavy atom. The summed E-state index contributed by atoms with van der Waals surface area (Å²) in [4.78, 5) is 4.26. The van der Waals surface area contributed by atoms with E-state index in [0.717, 1.165) is 75.9 Å². The van der Waals surface area contributed by atoms with Crippen molar-refractivity contribution in [1.29, 1.82) is 0 Å². The number of rotatable bonds is 12. The number of ether oxygens (including phenoxy) is 4. The maximum atomic E-state index is 5.67. The lowest BCUT2D eigenvalue weighted by atomic mass is 10.1. The molecule has 1 unspecified atom stereocenters. The van der Waals surface area contributed by atoms with Crippen LogP contribution in [0.1, 0.15) is 31.2 Å². The summed E-state index contributed by atoms with van der Waals surface area (Å²) in [5.74, 6) is 2.35. The Morgan fingerprint density at radius 1 is 1.14 bits per heavy atom. The second kappa shape index (κ2) is 13.2. The van der Waals surface area contributed by atoms with Crippen LogP contribution in [0.3, 0.4) is 0 Å². The van der Waals surface area contributed by atoms with E-state index in [1.165, 1.54) is 5.56 Å². The molecule has 7 nitrogen and oxygen atoms in total. The summed E-state index contributed by atoms with van der Waals surface area (Å²) in [6, 6.07) is 6.05. The van der Waals surface area contributed by atoms with Gasteiger partial charge in [-0.25, -0.2) is 0 Å². The van der Waals surface area contributed by atoms with Crippen molar-refractivity contribution in [1.82, 2.24) is 10.6 Å². The fourth-order valence-corrected chi connectivity index (χ4v) is 3.13. The highest BCUT2D eigenvalue weighted by Crippen LogP contribution is 2.27. The minimum absolute atomic E-state index is 0.299. The number of methoxy groups -OCH3 is 2. The molecule has 1 aliphatic rings. The first-order valence-corrected chi connectivity index (χ1v) is 10.1. The van der Waals surface area contributed by atoms with Crippen molar-refractivity contribution in [3.8, 4) is 11.5 Å². The fraction of sp³-hybridized carbons (Fsp3) is 0.667. The van der Waals surface area contributed by atoms with Crippen molar-refractivity contribution >= 4 is 5.96 Å². The summed E-state index contributed by atoms with van der Waals surface area (Å²) < 4.78 is 21.8. The number of aliphatic imine (C=N–C) groups is 1. The molecule has 1 aliphatic heterocycles. The van der Waals surface area contributed by atoms with Crippen LogP contribution in [0.4, 0.5) is 0 Å². The van der Waals surface area contributed by atoms with Crippen molar-refractivity contribution in [2.75, 3.05) is 54.2 Å². The summed E-state index contributed by atoms with van der Waals surface area (Å²) in [5.41, 5.74) is 1.23. The molecular weight excluding hydrogens is 358 g/mol. The van der Waals surface area contributed by atoms with Crippen LogP contribution >= 0.6 is 0 Å². The van der Waals surface area contributed by atoms with Gasteiger partial charge >= 0.3 is 0 Å². The molecule has 1 heterocycles. The molecule has 158 valence electrons. The Labute approximate surface area is 168 Å². The molecule has 0 spiro atoms. The largest absolute Gasteiger partial charge is 0.493 e. The third-order valence-electron chi connectivity index (χ3n) is 4.69. The summed E-state index contributed by atoms with van der Waals surface area (Å²) in [6.45, 7) is 4.01. The first kappa shape index (κ1) is 22.3. The average Bonchev–Trinajstić information content (AvgIpc) is 3.25. The topological polar surface area (TPSA) is 73.3 Å². The molecule has 0 radical (unpaired) electrons. The summed E-state index contributed by atoms with van der Waals surface area (Å²) >= 11 is 0. The third kappa shape index (κ3) is 7.94. The Balaban J connectivity index is 1.54. The highest BCUT2D eigenvalue weighted by molar-refractivity contribution is 5.79. The highest BCUT2D eigenvalue weighted by atomic mass is 16.5. The van der Waals surface area contributed by atoms with Crippen molar-refractivity contribution in [3.05, 3.63) is 23.8 Å². The molecule has 1 fully saturated rings. The SMILES string of the molecule is CN=C(NCCCOCC1CCCO1)NCCCc1ccc(OC)c(OC)c1. The van der Waals surface area contributed by atoms with E-state index in [1.807, 2.05) is 12.1 Å². The molecule has 1 saturated heterocycles. The lowest BCUT2D eigenvalue weighted by Gasteiger charge is -2.13. The maximum Gasteiger partial charge on any atom is 0.190 e. The van der Waals surface area contributed by atoms with Gasteiger partial charge in [0, 0.05) is 33.4 Å². The van der Waals surface area contributed by atoms with Crippen molar-refractivity contribution in [2.24, 2.45) is 4.99 Å². The molecule has 1 aromatic carbocycles. The first-order valence-electron chi connectivity index (χ1n) is 10.1. The van der Waals surface area contributed by atoms with Crippen LogP contribution in [-0.2, 0) is 15.9 Å². The van der Waals surface area contributed by atoms with Gasteiger partial charge in [-0.2, -0.15) is 0 Å². The average molecular weight is 394 g/mol. The zero-order chi connectivity index (χ0) is 20.0. The van der Waals surface area contributed by atoms with E-state index in [4.69, 9.17) is 18.9 Å². The molecule has 0 aromatic heterocycles. The monoisotopic (exact) mass is 393 g/mol. The summed E-state index contributed by atoms with van der Waals surface area (Å²) in [7, 11) is 5.10. The van der Waals surface area contributed by atoms with Gasteiger partial charge in [0.1, 0.15) is 0 Å². The molecule has 1 aromatic rings. The molecule has 1 atom stereocenters. The predicted octanol–water partition coefficient (Wildman–Crippen LogP) is 2.39. The number of benzene rings is 1. The summed E-state index contributed by atoms with van der Waals surface area (Å²) in [6.07, 6.45) is 5.48. The normalized spacial score (nSPS) is 16.8. The van der Waals surface area contributed by atoms with Gasteiger partial charge in [-0.05, 0) is 49.8 Å². The van der Waals surface area contributed by atoms with Crippen LogP contribution < -0.4 is 20.1 Å². The van der Waals surface area contributed by atoms with E-state index < -0.39 is 0 Å². The zero-order valence-electron chi connectivity index (χ0n) is 17.5. The van der Waals surface area contributed by atoms with Crippen LogP contribution in [0.15, 0.2) is 23.2 Å². The smallest absolute Gasteiger partial charge is 0.190 e. The quantitative estimate of drug-likeness (QED) is 0.323. The van der Waals surface area contributed by atoms with Crippen LogP contribution in [0.25, 0.3) is 0 Å². The van der Waals surface area contributed by atoms with Crippen LogP contribution in [0, 0.1) is 0 Å². The number of hydrogen-bond acceptors (Lipinski definition) is 5. The number of guanidine groups is 1. The van der Waals surface area contributed by atoms with E-state index in [-0.39, 0.29) is 0 Å². The number of aryl methyl sites for hydroxylation is 1. The third-order valence-corrected chi connectivity index (χ3v) is 4.69. The zero-order valence-corrected chi connectivity index (χ0v) is 17.5. The van der Waals surface area contributed by atoms with E-state index >= 15 is 0 Å². The Bertz CT molecular complexity index is 589. The van der Waals surface area contributed by atoms with E-state index in [0.29, 0.717) is 12.7 Å². The highest BCUT2D eigenvalue weighted by Gasteiger charge is 2.14. The van der Waals surface area contributed by atoms with E-state index in [2.05, 4.69) is 21.7 Å². The molecule has 2 N–H and O–H groups in total. The molecule has 7 heteroatoms. The van der Waals surface area contributed by atoms with Gasteiger partial charge in [-0.3, -0.25) is 4.99 Å². The first-order chi connectivity index (χ1) is 13.8. The van der Waals surface area contributed by atoms with Crippen molar-refractivity contribution in [3.63, 3.8) is 0 Å². The molecule has 2 rings (SSSR count). The maximum absolute atomic E-state index is 5.67. The predicted molar refractivity (Wildman–Crippen MR) is 112 cm³/mol. The second-order valence-electron chi connectivity index (χ2n) is 6.78. The van der Waals surface area contributed by atoms with E-state index in [9.17, 15) is 0 Å². The van der Waals surface area contributed by atoms with Gasteiger partial charge in [0.15, 0.2) is 17.5 Å². The molecule has 28 heavy (non-hydrogen) atoms. The van der Waals surface area contributed by atoms with Gasteiger partial charge in [0.05, 0.1) is 26.9 Å². The molecule has 0 saturated carbocycles. The van der Waals surface area contributed by atoms with Gasteiger partial charge in [-0.1, -0.05) is 6.07 Å². The lowest BCUT2D eigenvalue weighted by molar-refractivity contribution is 0.0168. The molecule has 0 amide bonds. The van der Waals surface area contributed by atoms with Gasteiger partial charge < -0.3 is 29.6 Å². The number of nitrogens with one attached hydrogen (secondary N) is 2. The molecule has 0 aliphatic carbocycles. The Morgan fingerprint density at radius 3 is 2.61 bits per heavy atom. The van der Waals surface area contributed by atoms with Crippen LogP contribution in [0.2, 0.25) is 0 Å². The van der Waals surface area contributed by atoms with Crippen LogP contribution in [0.5, 0.6) is 11.5 Å². The van der Waals surface area contributed by atoms with Gasteiger partial charge in [-0.15, -0.1) is 0 Å². The number of hydrogen-bond donors (Lipinski definition) is 2. The molecular formula is C21H35N3O4. The minimum Gasteiger partial charge on any atom is -0.493 e. The Kier molecular flexibility index (Phi) is 10.5. The van der Waals surface area contributed by atoms with Crippen LogP contribution in [-0.4, -0.2) is 66.2 Å². The van der Waals surface area contributed by atoms with Gasteiger partial charge in [0.25, 0.3) is 0 Å². The van der Waals surface area contributed by atoms with Crippen molar-refractivity contribution in [2.45, 2.75) is 38.2 Å². The van der Waals surface area contributed by atoms with E-state index in [1.54, 1.807) is 21.3 Å². The Hall–Kier alpha value is -1.99. The number of nitrogens with zero attached hydrogens (tertiary/aromatic N) is 1. The lowest BCUT2D eigenvalue weighted by Crippen LogP contribution is -2.38. The van der Waals surface area contributed by atoms with Gasteiger partial charge in [0.2, 0.25) is 0 Å². The fourth-order valence-electron chi connectivity index (χ4n) is 3.13. The minimum atomic E-state index is 0.299. The standard InChI is InChI=1S/C21H35N3O4/c1-22-21(24-12-6-13-27-16-18-8-5-14-28-18)23-11-4-7-17-9-10-19(25-2)20(15-17)26-3/h9-10,15,18H,4-8,11-14,16H2,1-3H3,(H2,22,23,24). The summed E-state index contributed by atoms with van der Waals surface area (Å²) in [5, 5.41) is 6.67.